The van der Waals surface area contributed by atoms with Gasteiger partial charge in [0.2, 0.25) is 0 Å². The number of esters is 1. The lowest BCUT2D eigenvalue weighted by Crippen LogP contribution is -2.37. The zero-order valence-electron chi connectivity index (χ0n) is 19.6. The Kier molecular flexibility index (Phi) is 10.0. The molecule has 0 bridgehead atoms. The second kappa shape index (κ2) is 12.5. The molecule has 0 saturated carbocycles. The van der Waals surface area contributed by atoms with Crippen molar-refractivity contribution in [1.82, 2.24) is 4.98 Å². The molecular formula is C25H28Cl2N2O6. The Labute approximate surface area is 214 Å². The van der Waals surface area contributed by atoms with Gasteiger partial charge in [-0.3, -0.25) is 9.59 Å². The van der Waals surface area contributed by atoms with Crippen LogP contribution in [-0.2, 0) is 16.1 Å². The van der Waals surface area contributed by atoms with Crippen LogP contribution in [0.3, 0.4) is 0 Å². The Morgan fingerprint density at radius 3 is 2.43 bits per heavy atom. The molecular weight excluding hydrogens is 495 g/mol. The molecule has 188 valence electrons. The molecule has 3 rings (SSSR count). The predicted octanol–water partition coefficient (Wildman–Crippen LogP) is 4.36. The number of H-pyrrole nitrogens is 1. The van der Waals surface area contributed by atoms with Crippen LogP contribution in [-0.4, -0.2) is 36.8 Å². The van der Waals surface area contributed by atoms with Gasteiger partial charge in [0.05, 0.1) is 19.2 Å². The third-order valence-electron chi connectivity index (χ3n) is 4.84. The molecule has 0 fully saturated rings. The maximum atomic E-state index is 12.7. The number of aromatic nitrogens is 1. The lowest BCUT2D eigenvalue weighted by molar-refractivity contribution is -0.157. The fraction of sp³-hybridized carbons (Fsp3) is 0.280. The monoisotopic (exact) mass is 522 g/mol. The van der Waals surface area contributed by atoms with Gasteiger partial charge in [0.1, 0.15) is 24.6 Å². The van der Waals surface area contributed by atoms with E-state index >= 15 is 0 Å². The number of halogens is 2. The fourth-order valence-electron chi connectivity index (χ4n) is 3.22. The number of nitrogens with two attached hydrogens (primary N) is 1. The van der Waals surface area contributed by atoms with Crippen molar-refractivity contribution >= 4 is 30.0 Å². The number of carbonyl (C=O) groups is 1. The number of benzene rings is 2. The minimum atomic E-state index is -0.886. The normalized spacial score (nSPS) is 10.8. The molecule has 1 aromatic heterocycles. The van der Waals surface area contributed by atoms with E-state index in [-0.39, 0.29) is 37.7 Å². The summed E-state index contributed by atoms with van der Waals surface area (Å²) in [4.78, 5) is 26.9. The third kappa shape index (κ3) is 7.65. The summed E-state index contributed by atoms with van der Waals surface area (Å²) in [6, 6.07) is 13.9. The van der Waals surface area contributed by atoms with E-state index in [1.807, 2.05) is 0 Å². The van der Waals surface area contributed by atoms with Gasteiger partial charge in [0.25, 0.3) is 5.56 Å². The van der Waals surface area contributed by atoms with E-state index in [4.69, 9.17) is 36.3 Å². The Morgan fingerprint density at radius 1 is 1.06 bits per heavy atom. The molecule has 0 aliphatic carbocycles. The molecule has 0 aliphatic rings. The smallest absolute Gasteiger partial charge is 0.320 e. The summed E-state index contributed by atoms with van der Waals surface area (Å²) in [5, 5.41) is 0.611. The van der Waals surface area contributed by atoms with Crippen LogP contribution in [0.4, 0.5) is 0 Å². The molecule has 1 heterocycles. The minimum absolute atomic E-state index is 0. The molecule has 0 spiro atoms. The van der Waals surface area contributed by atoms with Crippen LogP contribution in [0.25, 0.3) is 11.1 Å². The summed E-state index contributed by atoms with van der Waals surface area (Å²) >= 11 is 5.92. The SMILES string of the molecule is COc1cc(-c2c(COc3ccc(Cl)cc3)cc[nH]c2=O)ccc1OCC(C)(C)OC(=O)CN.Cl. The average molecular weight is 523 g/mol. The maximum Gasteiger partial charge on any atom is 0.320 e. The first-order chi connectivity index (χ1) is 16.2. The Balaban J connectivity index is 0.00000432. The summed E-state index contributed by atoms with van der Waals surface area (Å²) < 4.78 is 22.5. The van der Waals surface area contributed by atoms with Gasteiger partial charge in [0.15, 0.2) is 11.5 Å². The number of ether oxygens (including phenoxy) is 4. The van der Waals surface area contributed by atoms with Gasteiger partial charge in [-0.25, -0.2) is 0 Å². The molecule has 0 amide bonds. The Hall–Kier alpha value is -3.20. The number of nitrogens with one attached hydrogen (secondary N) is 1. The van der Waals surface area contributed by atoms with Gasteiger partial charge in [-0.15, -0.1) is 12.4 Å². The van der Waals surface area contributed by atoms with Crippen LogP contribution < -0.4 is 25.5 Å². The largest absolute Gasteiger partial charge is 0.493 e. The number of pyridine rings is 1. The minimum Gasteiger partial charge on any atom is -0.493 e. The van der Waals surface area contributed by atoms with Crippen molar-refractivity contribution in [3.63, 3.8) is 0 Å². The van der Waals surface area contributed by atoms with Crippen LogP contribution in [0.15, 0.2) is 59.5 Å². The highest BCUT2D eigenvalue weighted by molar-refractivity contribution is 6.30. The van der Waals surface area contributed by atoms with Crippen molar-refractivity contribution in [2.45, 2.75) is 26.1 Å². The standard InChI is InChI=1S/C25H27ClN2O6.ClH/c1-25(2,34-22(29)13-27)15-33-20-9-4-16(12-21(20)31-3)23-17(10-11-28-24(23)30)14-32-19-7-5-18(26)6-8-19;/h4-12H,13-15,27H2,1-3H3,(H,28,30);1H. The molecule has 0 atom stereocenters. The Morgan fingerprint density at radius 2 is 1.77 bits per heavy atom. The number of hydrogen-bond donors (Lipinski definition) is 2. The molecule has 0 aliphatic heterocycles. The number of aromatic amines is 1. The van der Waals surface area contributed by atoms with Gasteiger partial charge < -0.3 is 29.7 Å². The molecule has 10 heteroatoms. The van der Waals surface area contributed by atoms with Gasteiger partial charge >= 0.3 is 5.97 Å². The number of rotatable bonds is 10. The maximum absolute atomic E-state index is 12.7. The van der Waals surface area contributed by atoms with Crippen LogP contribution in [0.2, 0.25) is 5.02 Å². The summed E-state index contributed by atoms with van der Waals surface area (Å²) in [6.07, 6.45) is 1.58. The zero-order valence-corrected chi connectivity index (χ0v) is 21.2. The van der Waals surface area contributed by atoms with Crippen molar-refractivity contribution in [1.29, 1.82) is 0 Å². The molecule has 0 unspecified atom stereocenters. The van der Waals surface area contributed by atoms with E-state index in [2.05, 4.69) is 4.98 Å². The van der Waals surface area contributed by atoms with E-state index in [0.29, 0.717) is 39.0 Å². The highest BCUT2D eigenvalue weighted by Crippen LogP contribution is 2.33. The van der Waals surface area contributed by atoms with E-state index in [1.54, 1.807) is 68.6 Å². The van der Waals surface area contributed by atoms with Gasteiger partial charge in [-0.1, -0.05) is 17.7 Å². The Bertz CT molecular complexity index is 1200. The van der Waals surface area contributed by atoms with Gasteiger partial charge in [0, 0.05) is 16.8 Å². The second-order valence-corrected chi connectivity index (χ2v) is 8.48. The van der Waals surface area contributed by atoms with Gasteiger partial charge in [-0.2, -0.15) is 0 Å². The second-order valence-electron chi connectivity index (χ2n) is 8.04. The first-order valence-corrected chi connectivity index (χ1v) is 10.9. The highest BCUT2D eigenvalue weighted by Gasteiger charge is 2.24. The van der Waals surface area contributed by atoms with Crippen molar-refractivity contribution in [2.24, 2.45) is 5.73 Å². The molecule has 0 saturated heterocycles. The summed E-state index contributed by atoms with van der Waals surface area (Å²) in [5.41, 5.74) is 5.95. The molecule has 8 nitrogen and oxygen atoms in total. The van der Waals surface area contributed by atoms with Gasteiger partial charge in [-0.05, 0) is 61.9 Å². The van der Waals surface area contributed by atoms with E-state index in [9.17, 15) is 9.59 Å². The lowest BCUT2D eigenvalue weighted by Gasteiger charge is -2.25. The van der Waals surface area contributed by atoms with Crippen LogP contribution in [0.1, 0.15) is 19.4 Å². The predicted molar refractivity (Wildman–Crippen MR) is 137 cm³/mol. The van der Waals surface area contributed by atoms with E-state index in [1.165, 1.54) is 7.11 Å². The third-order valence-corrected chi connectivity index (χ3v) is 5.09. The molecule has 35 heavy (non-hydrogen) atoms. The average Bonchev–Trinajstić information content (AvgIpc) is 2.82. The topological polar surface area (TPSA) is 113 Å². The van der Waals surface area contributed by atoms with Crippen LogP contribution in [0, 0.1) is 0 Å². The van der Waals surface area contributed by atoms with Crippen molar-refractivity contribution in [3.05, 3.63) is 75.7 Å². The van der Waals surface area contributed by atoms with Crippen molar-refractivity contribution in [2.75, 3.05) is 20.3 Å². The fourth-order valence-corrected chi connectivity index (χ4v) is 3.35. The first-order valence-electron chi connectivity index (χ1n) is 10.5. The number of hydrogen-bond acceptors (Lipinski definition) is 7. The molecule has 3 N–H and O–H groups in total. The van der Waals surface area contributed by atoms with Crippen LogP contribution >= 0.6 is 24.0 Å². The molecule has 2 aromatic carbocycles. The van der Waals surface area contributed by atoms with E-state index in [0.717, 1.165) is 0 Å². The van der Waals surface area contributed by atoms with Crippen LogP contribution in [0.5, 0.6) is 17.2 Å². The first kappa shape index (κ1) is 28.0. The summed E-state index contributed by atoms with van der Waals surface area (Å²) in [7, 11) is 1.51. The molecule has 3 aromatic rings. The molecule has 0 radical (unpaired) electrons. The zero-order chi connectivity index (χ0) is 24.7. The summed E-state index contributed by atoms with van der Waals surface area (Å²) in [5.74, 6) is 0.975. The number of carbonyl (C=O) groups excluding carboxylic acids is 1. The van der Waals surface area contributed by atoms with E-state index < -0.39 is 11.6 Å². The lowest BCUT2D eigenvalue weighted by atomic mass is 10.0. The van der Waals surface area contributed by atoms with Crippen molar-refractivity contribution < 1.29 is 23.7 Å². The number of methoxy groups -OCH3 is 1. The van der Waals surface area contributed by atoms with Crippen molar-refractivity contribution in [3.8, 4) is 28.4 Å². The highest BCUT2D eigenvalue weighted by atomic mass is 35.5. The quantitative estimate of drug-likeness (QED) is 0.380. The summed E-state index contributed by atoms with van der Waals surface area (Å²) in [6.45, 7) is 3.50.